The van der Waals surface area contributed by atoms with Gasteiger partial charge in [0.1, 0.15) is 15.7 Å². The van der Waals surface area contributed by atoms with E-state index in [4.69, 9.17) is 14.7 Å². The number of aromatic nitrogens is 2. The predicted molar refractivity (Wildman–Crippen MR) is 109 cm³/mol. The van der Waals surface area contributed by atoms with Crippen molar-refractivity contribution in [3.8, 4) is 0 Å². The number of thiophene rings is 1. The van der Waals surface area contributed by atoms with Crippen molar-refractivity contribution in [3.05, 3.63) is 16.3 Å². The Kier molecular flexibility index (Phi) is 4.86. The van der Waals surface area contributed by atoms with Gasteiger partial charge in [0.25, 0.3) is 0 Å². The van der Waals surface area contributed by atoms with E-state index < -0.39 is 0 Å². The highest BCUT2D eigenvalue weighted by atomic mass is 32.2. The van der Waals surface area contributed by atoms with Crippen LogP contribution >= 0.6 is 23.1 Å². The fourth-order valence-corrected chi connectivity index (χ4v) is 6.41. The molecule has 1 atom stereocenters. The van der Waals surface area contributed by atoms with E-state index in [2.05, 4.69) is 6.92 Å². The van der Waals surface area contributed by atoms with Gasteiger partial charge in [-0.1, -0.05) is 18.7 Å². The molecule has 2 fully saturated rings. The third kappa shape index (κ3) is 3.61. The van der Waals surface area contributed by atoms with Gasteiger partial charge in [0, 0.05) is 29.3 Å². The fourth-order valence-electron chi connectivity index (χ4n) is 3.99. The van der Waals surface area contributed by atoms with Crippen molar-refractivity contribution in [2.24, 2.45) is 5.92 Å². The molecular weight excluding hydrogens is 378 g/mol. The molecule has 5 rings (SSSR count). The van der Waals surface area contributed by atoms with Crippen molar-refractivity contribution < 1.29 is 9.53 Å². The zero-order valence-corrected chi connectivity index (χ0v) is 17.3. The summed E-state index contributed by atoms with van der Waals surface area (Å²) in [6, 6.07) is 0. The molecule has 27 heavy (non-hydrogen) atoms. The van der Waals surface area contributed by atoms with Crippen LogP contribution in [0.5, 0.6) is 0 Å². The van der Waals surface area contributed by atoms with Crippen LogP contribution in [-0.2, 0) is 22.4 Å². The Bertz CT molecular complexity index is 872. The molecule has 1 amide bonds. The quantitative estimate of drug-likeness (QED) is 0.576. The van der Waals surface area contributed by atoms with E-state index in [9.17, 15) is 4.79 Å². The Morgan fingerprint density at radius 2 is 2.07 bits per heavy atom. The third-order valence-electron chi connectivity index (χ3n) is 5.78. The second-order valence-electron chi connectivity index (χ2n) is 7.97. The predicted octanol–water partition coefficient (Wildman–Crippen LogP) is 3.64. The highest BCUT2D eigenvalue weighted by Gasteiger charge is 2.30. The molecule has 1 saturated carbocycles. The lowest BCUT2D eigenvalue weighted by Gasteiger charge is -2.26. The number of rotatable bonds is 4. The Balaban J connectivity index is 1.45. The standard InChI is InChI=1S/C20H25N3O2S2/c1-12-2-5-14-15(10-12)27-20-17(14)19(21-18(22-20)13-3-4-13)26-11-16(24)23-6-8-25-9-7-23/h12-13H,2-11H2,1H3. The zero-order chi connectivity index (χ0) is 18.4. The molecule has 5 nitrogen and oxygen atoms in total. The van der Waals surface area contributed by atoms with Gasteiger partial charge in [0.15, 0.2) is 0 Å². The first-order valence-electron chi connectivity index (χ1n) is 9.99. The summed E-state index contributed by atoms with van der Waals surface area (Å²) in [5, 5.41) is 2.28. The molecule has 2 aromatic heterocycles. The number of hydrogen-bond acceptors (Lipinski definition) is 6. The summed E-state index contributed by atoms with van der Waals surface area (Å²) in [6.45, 7) is 5.05. The van der Waals surface area contributed by atoms with Crippen LogP contribution in [0.1, 0.15) is 48.4 Å². The maximum absolute atomic E-state index is 12.6. The van der Waals surface area contributed by atoms with Gasteiger partial charge in [-0.05, 0) is 43.6 Å². The van der Waals surface area contributed by atoms with E-state index in [-0.39, 0.29) is 5.91 Å². The smallest absolute Gasteiger partial charge is 0.233 e. The molecule has 0 radical (unpaired) electrons. The molecule has 7 heteroatoms. The minimum absolute atomic E-state index is 0.195. The van der Waals surface area contributed by atoms with Crippen LogP contribution in [0, 0.1) is 5.92 Å². The highest BCUT2D eigenvalue weighted by molar-refractivity contribution is 8.00. The van der Waals surface area contributed by atoms with Crippen molar-refractivity contribution in [2.45, 2.75) is 50.0 Å². The van der Waals surface area contributed by atoms with Gasteiger partial charge >= 0.3 is 0 Å². The van der Waals surface area contributed by atoms with Crippen LogP contribution in [0.25, 0.3) is 10.2 Å². The van der Waals surface area contributed by atoms with Crippen LogP contribution in [-0.4, -0.2) is 52.8 Å². The second-order valence-corrected chi connectivity index (χ2v) is 10.0. The van der Waals surface area contributed by atoms with E-state index in [0.29, 0.717) is 38.0 Å². The Labute approximate surface area is 167 Å². The van der Waals surface area contributed by atoms with Gasteiger partial charge in [-0.15, -0.1) is 11.3 Å². The van der Waals surface area contributed by atoms with Gasteiger partial charge in [0.05, 0.1) is 19.0 Å². The van der Waals surface area contributed by atoms with Crippen molar-refractivity contribution in [1.82, 2.24) is 14.9 Å². The molecule has 0 N–H and O–H groups in total. The number of hydrogen-bond donors (Lipinski definition) is 0. The number of fused-ring (bicyclic) bond motifs is 3. The lowest BCUT2D eigenvalue weighted by molar-refractivity contribution is -0.132. The summed E-state index contributed by atoms with van der Waals surface area (Å²) in [5.41, 5.74) is 1.46. The number of carbonyl (C=O) groups excluding carboxylic acids is 1. The van der Waals surface area contributed by atoms with E-state index in [0.717, 1.165) is 34.4 Å². The maximum atomic E-state index is 12.6. The Morgan fingerprint density at radius 3 is 2.85 bits per heavy atom. The lowest BCUT2D eigenvalue weighted by Crippen LogP contribution is -2.41. The van der Waals surface area contributed by atoms with Crippen molar-refractivity contribution in [3.63, 3.8) is 0 Å². The number of thioether (sulfide) groups is 1. The first-order valence-corrected chi connectivity index (χ1v) is 11.8. The molecule has 1 aliphatic heterocycles. The summed E-state index contributed by atoms with van der Waals surface area (Å²) < 4.78 is 5.36. The molecular formula is C20H25N3O2S2. The molecule has 0 bridgehead atoms. The van der Waals surface area contributed by atoms with E-state index in [1.165, 1.54) is 35.1 Å². The lowest BCUT2D eigenvalue weighted by atomic mass is 9.89. The third-order valence-corrected chi connectivity index (χ3v) is 7.89. The molecule has 0 aromatic carbocycles. The summed E-state index contributed by atoms with van der Waals surface area (Å²) in [6.07, 6.45) is 5.91. The average molecular weight is 404 g/mol. The number of aryl methyl sites for hydroxylation is 1. The number of nitrogens with zero attached hydrogens (tertiary/aromatic N) is 3. The van der Waals surface area contributed by atoms with Crippen molar-refractivity contribution in [1.29, 1.82) is 0 Å². The molecule has 2 aliphatic carbocycles. The first-order chi connectivity index (χ1) is 13.2. The van der Waals surface area contributed by atoms with Crippen LogP contribution in [0.15, 0.2) is 5.03 Å². The summed E-state index contributed by atoms with van der Waals surface area (Å²) in [7, 11) is 0. The van der Waals surface area contributed by atoms with Gasteiger partial charge in [-0.2, -0.15) is 0 Å². The monoisotopic (exact) mass is 403 g/mol. The normalized spacial score (nSPS) is 22.9. The van der Waals surface area contributed by atoms with Crippen LogP contribution in [0.2, 0.25) is 0 Å². The number of ether oxygens (including phenoxy) is 1. The summed E-state index contributed by atoms with van der Waals surface area (Å²) in [5.74, 6) is 2.93. The second kappa shape index (κ2) is 7.33. The van der Waals surface area contributed by atoms with Gasteiger partial charge in [0.2, 0.25) is 5.91 Å². The number of amides is 1. The topological polar surface area (TPSA) is 55.3 Å². The van der Waals surface area contributed by atoms with Crippen LogP contribution in [0.3, 0.4) is 0 Å². The largest absolute Gasteiger partial charge is 0.378 e. The Morgan fingerprint density at radius 1 is 1.26 bits per heavy atom. The first kappa shape index (κ1) is 17.9. The molecule has 3 heterocycles. The van der Waals surface area contributed by atoms with Gasteiger partial charge in [-0.25, -0.2) is 9.97 Å². The number of carbonyl (C=O) groups is 1. The van der Waals surface area contributed by atoms with Crippen molar-refractivity contribution in [2.75, 3.05) is 32.1 Å². The van der Waals surface area contributed by atoms with E-state index in [1.54, 1.807) is 11.8 Å². The van der Waals surface area contributed by atoms with E-state index >= 15 is 0 Å². The zero-order valence-electron chi connectivity index (χ0n) is 15.7. The molecule has 1 unspecified atom stereocenters. The number of morpholine rings is 1. The highest BCUT2D eigenvalue weighted by Crippen LogP contribution is 2.44. The minimum atomic E-state index is 0.195. The van der Waals surface area contributed by atoms with E-state index in [1.807, 2.05) is 16.2 Å². The Hall–Kier alpha value is -1.18. The van der Waals surface area contributed by atoms with Gasteiger partial charge in [-0.3, -0.25) is 4.79 Å². The van der Waals surface area contributed by atoms with Crippen LogP contribution in [0.4, 0.5) is 0 Å². The fraction of sp³-hybridized carbons (Fsp3) is 0.650. The summed E-state index contributed by atoms with van der Waals surface area (Å²) in [4.78, 5) is 27.0. The average Bonchev–Trinajstić information content (AvgIpc) is 3.47. The molecule has 1 saturated heterocycles. The van der Waals surface area contributed by atoms with Gasteiger partial charge < -0.3 is 9.64 Å². The maximum Gasteiger partial charge on any atom is 0.233 e. The molecule has 144 valence electrons. The molecule has 3 aliphatic rings. The van der Waals surface area contributed by atoms with Crippen LogP contribution < -0.4 is 0 Å². The van der Waals surface area contributed by atoms with Crippen molar-refractivity contribution >= 4 is 39.2 Å². The molecule has 0 spiro atoms. The SMILES string of the molecule is CC1CCc2c(sc3nc(C4CC4)nc(SCC(=O)N4CCOCC4)c23)C1. The minimum Gasteiger partial charge on any atom is -0.378 e. The summed E-state index contributed by atoms with van der Waals surface area (Å²) >= 11 is 3.48. The molecule has 2 aromatic rings.